The van der Waals surface area contributed by atoms with Crippen LogP contribution >= 0.6 is 0 Å². The van der Waals surface area contributed by atoms with E-state index < -0.39 is 5.60 Å². The first-order valence-corrected chi connectivity index (χ1v) is 11.6. The molecule has 1 fully saturated rings. The average Bonchev–Trinajstić information content (AvgIpc) is 3.29. The molecule has 4 rings (SSSR count). The minimum atomic E-state index is -0.552. The van der Waals surface area contributed by atoms with Crippen LogP contribution < -0.4 is 11.5 Å². The number of carbonyl (C=O) groups excluding carboxylic acids is 1. The number of nitrogen functional groups attached to an aromatic ring is 1. The molecular weight excluding hydrogens is 430 g/mol. The van der Waals surface area contributed by atoms with Crippen molar-refractivity contribution in [3.63, 3.8) is 0 Å². The van der Waals surface area contributed by atoms with E-state index in [1.807, 2.05) is 31.7 Å². The van der Waals surface area contributed by atoms with Crippen LogP contribution in [0, 0.1) is 5.41 Å². The monoisotopic (exact) mass is 463 g/mol. The normalized spacial score (nSPS) is 18.5. The van der Waals surface area contributed by atoms with E-state index >= 15 is 0 Å². The summed E-state index contributed by atoms with van der Waals surface area (Å²) >= 11 is 0. The van der Waals surface area contributed by atoms with Crippen molar-refractivity contribution in [2.45, 2.75) is 58.3 Å². The highest BCUT2D eigenvalue weighted by Gasteiger charge is 2.35. The summed E-state index contributed by atoms with van der Waals surface area (Å²) in [4.78, 5) is 19.2. The number of rotatable bonds is 4. The largest absolute Gasteiger partial charge is 0.444 e. The lowest BCUT2D eigenvalue weighted by atomic mass is 9.88. The lowest BCUT2D eigenvalue weighted by Gasteiger charge is -2.31. The summed E-state index contributed by atoms with van der Waals surface area (Å²) in [5, 5.41) is 7.65. The summed E-state index contributed by atoms with van der Waals surface area (Å²) in [7, 11) is 0. The Bertz CT molecular complexity index is 1140. The molecule has 1 atom stereocenters. The molecule has 0 bridgehead atoms. The SMILES string of the molecule is CC(C)(C)OC(=O)N1CCCC1c1cc(-c2cnc(N)c(/C(C=N)=C/N)c2)cc2c1COCC2. The molecule has 0 radical (unpaired) electrons. The van der Waals surface area contributed by atoms with E-state index in [2.05, 4.69) is 17.1 Å². The van der Waals surface area contributed by atoms with E-state index in [4.69, 9.17) is 26.4 Å². The van der Waals surface area contributed by atoms with Gasteiger partial charge in [-0.3, -0.25) is 0 Å². The van der Waals surface area contributed by atoms with Crippen LogP contribution in [-0.2, 0) is 22.5 Å². The lowest BCUT2D eigenvalue weighted by molar-refractivity contribution is 0.0221. The molecule has 0 saturated carbocycles. The summed E-state index contributed by atoms with van der Waals surface area (Å²) in [6.07, 6.45) is 6.57. The highest BCUT2D eigenvalue weighted by Crippen LogP contribution is 2.40. The van der Waals surface area contributed by atoms with Crippen molar-refractivity contribution in [3.8, 4) is 11.1 Å². The Labute approximate surface area is 200 Å². The number of amides is 1. The minimum absolute atomic E-state index is 0.0764. The van der Waals surface area contributed by atoms with Gasteiger partial charge in [0.25, 0.3) is 0 Å². The molecule has 1 aromatic carbocycles. The zero-order chi connectivity index (χ0) is 24.5. The number of anilines is 1. The minimum Gasteiger partial charge on any atom is -0.444 e. The first-order chi connectivity index (χ1) is 16.2. The zero-order valence-corrected chi connectivity index (χ0v) is 20.1. The van der Waals surface area contributed by atoms with E-state index in [1.54, 1.807) is 6.20 Å². The van der Waals surface area contributed by atoms with Gasteiger partial charge in [0.1, 0.15) is 11.4 Å². The number of nitrogens with zero attached hydrogens (tertiary/aromatic N) is 2. The second-order valence-electron chi connectivity index (χ2n) is 9.76. The standard InChI is InChI=1S/C26H33N5O3/c1-26(2,3)34-25(32)31-7-4-5-23(31)21-10-17(9-16-6-8-33-15-22(16)21)18-11-20(19(12-27)13-28)24(29)30-14-18/h9-14,23,27H,4-8,15,28H2,1-3H3,(H2,29,30)/b19-13+,27-12?. The summed E-state index contributed by atoms with van der Waals surface area (Å²) in [5.41, 5.74) is 17.7. The third kappa shape index (κ3) is 4.77. The van der Waals surface area contributed by atoms with Crippen LogP contribution in [-0.4, -0.2) is 40.9 Å². The van der Waals surface area contributed by atoms with Gasteiger partial charge in [-0.15, -0.1) is 0 Å². The second kappa shape index (κ2) is 9.46. The van der Waals surface area contributed by atoms with Crippen molar-refractivity contribution in [1.82, 2.24) is 9.88 Å². The molecule has 3 heterocycles. The number of carbonyl (C=O) groups is 1. The Morgan fingerprint density at radius 3 is 2.79 bits per heavy atom. The molecule has 2 aliphatic heterocycles. The average molecular weight is 464 g/mol. The zero-order valence-electron chi connectivity index (χ0n) is 20.1. The summed E-state index contributed by atoms with van der Waals surface area (Å²) in [5.74, 6) is 0.322. The van der Waals surface area contributed by atoms with Gasteiger partial charge in [-0.1, -0.05) is 6.07 Å². The number of fused-ring (bicyclic) bond motifs is 1. The third-order valence-electron chi connectivity index (χ3n) is 6.28. The van der Waals surface area contributed by atoms with Gasteiger partial charge in [-0.2, -0.15) is 0 Å². The van der Waals surface area contributed by atoms with Gasteiger partial charge in [0.15, 0.2) is 0 Å². The van der Waals surface area contributed by atoms with Gasteiger partial charge >= 0.3 is 6.09 Å². The van der Waals surface area contributed by atoms with Gasteiger partial charge in [0.05, 0.1) is 19.3 Å². The maximum absolute atomic E-state index is 13.0. The first-order valence-electron chi connectivity index (χ1n) is 11.6. The number of nitrogens with two attached hydrogens (primary N) is 2. The van der Waals surface area contributed by atoms with E-state index in [0.717, 1.165) is 41.5 Å². The van der Waals surface area contributed by atoms with E-state index in [9.17, 15) is 4.79 Å². The van der Waals surface area contributed by atoms with Crippen molar-refractivity contribution >= 4 is 23.7 Å². The smallest absolute Gasteiger partial charge is 0.410 e. The maximum atomic E-state index is 13.0. The number of aromatic nitrogens is 1. The highest BCUT2D eigenvalue weighted by atomic mass is 16.6. The van der Waals surface area contributed by atoms with E-state index in [0.29, 0.717) is 36.7 Å². The number of allylic oxidation sites excluding steroid dienone is 1. The summed E-state index contributed by atoms with van der Waals surface area (Å²) in [6, 6.07) is 6.14. The summed E-state index contributed by atoms with van der Waals surface area (Å²) in [6.45, 7) is 7.51. The number of pyridine rings is 1. The van der Waals surface area contributed by atoms with Crippen molar-refractivity contribution in [2.75, 3.05) is 18.9 Å². The molecule has 8 nitrogen and oxygen atoms in total. The molecule has 8 heteroatoms. The molecule has 0 aliphatic carbocycles. The van der Waals surface area contributed by atoms with Crippen LogP contribution in [0.5, 0.6) is 0 Å². The molecule has 2 aromatic rings. The molecule has 2 aliphatic rings. The Kier molecular flexibility index (Phi) is 6.61. The number of likely N-dealkylation sites (tertiary alicyclic amines) is 1. The number of ether oxygens (including phenoxy) is 2. The van der Waals surface area contributed by atoms with Crippen LogP contribution in [0.2, 0.25) is 0 Å². The molecule has 180 valence electrons. The van der Waals surface area contributed by atoms with Crippen LogP contribution in [0.25, 0.3) is 16.7 Å². The topological polar surface area (TPSA) is 128 Å². The fourth-order valence-electron chi connectivity index (χ4n) is 4.69. The van der Waals surface area contributed by atoms with Crippen LogP contribution in [0.3, 0.4) is 0 Å². The number of nitrogens with one attached hydrogen (secondary N) is 1. The Hall–Kier alpha value is -3.39. The molecular formula is C26H33N5O3. The molecule has 5 N–H and O–H groups in total. The van der Waals surface area contributed by atoms with Gasteiger partial charge in [-0.25, -0.2) is 9.78 Å². The number of hydrogen-bond donors (Lipinski definition) is 3. The molecule has 0 spiro atoms. The van der Waals surface area contributed by atoms with Gasteiger partial charge in [0.2, 0.25) is 0 Å². The molecule has 1 aromatic heterocycles. The number of benzene rings is 1. The third-order valence-corrected chi connectivity index (χ3v) is 6.28. The maximum Gasteiger partial charge on any atom is 0.410 e. The van der Waals surface area contributed by atoms with Crippen LogP contribution in [0.4, 0.5) is 10.6 Å². The van der Waals surface area contributed by atoms with Gasteiger partial charge in [0, 0.05) is 41.9 Å². The van der Waals surface area contributed by atoms with Crippen molar-refractivity contribution in [2.24, 2.45) is 5.73 Å². The quantitative estimate of drug-likeness (QED) is 0.576. The van der Waals surface area contributed by atoms with E-state index in [1.165, 1.54) is 18.0 Å². The predicted molar refractivity (Wildman–Crippen MR) is 133 cm³/mol. The Balaban J connectivity index is 1.79. The molecule has 1 saturated heterocycles. The van der Waals surface area contributed by atoms with Gasteiger partial charge in [-0.05, 0) is 74.4 Å². The highest BCUT2D eigenvalue weighted by molar-refractivity contribution is 6.10. The summed E-state index contributed by atoms with van der Waals surface area (Å²) < 4.78 is 11.5. The van der Waals surface area contributed by atoms with Gasteiger partial charge < -0.3 is 31.3 Å². The van der Waals surface area contributed by atoms with Crippen molar-refractivity contribution in [1.29, 1.82) is 5.41 Å². The fraction of sp³-hybridized carbons (Fsp3) is 0.423. The Morgan fingerprint density at radius 2 is 2.09 bits per heavy atom. The Morgan fingerprint density at radius 1 is 1.29 bits per heavy atom. The van der Waals surface area contributed by atoms with Crippen molar-refractivity contribution in [3.05, 3.63) is 52.8 Å². The van der Waals surface area contributed by atoms with E-state index in [-0.39, 0.29) is 12.1 Å². The van der Waals surface area contributed by atoms with Crippen LogP contribution in [0.1, 0.15) is 61.9 Å². The fourth-order valence-corrected chi connectivity index (χ4v) is 4.69. The van der Waals surface area contributed by atoms with Crippen molar-refractivity contribution < 1.29 is 14.3 Å². The molecule has 34 heavy (non-hydrogen) atoms. The first kappa shape index (κ1) is 23.8. The number of hydrogen-bond acceptors (Lipinski definition) is 7. The molecule has 1 amide bonds. The van der Waals surface area contributed by atoms with Crippen LogP contribution in [0.15, 0.2) is 30.6 Å². The lowest BCUT2D eigenvalue weighted by Crippen LogP contribution is -2.36. The molecule has 1 unspecified atom stereocenters. The second-order valence-corrected chi connectivity index (χ2v) is 9.76. The predicted octanol–water partition coefficient (Wildman–Crippen LogP) is 4.42.